The van der Waals surface area contributed by atoms with Gasteiger partial charge in [0.1, 0.15) is 0 Å². The Bertz CT molecular complexity index is 213. The molecular weight excluding hydrogens is 208 g/mol. The average Bonchev–Trinajstić information content (AvgIpc) is 2.79. The summed E-state index contributed by atoms with van der Waals surface area (Å²) in [5, 5.41) is 0. The molecule has 0 amide bonds. The predicted octanol–water partition coefficient (Wildman–Crippen LogP) is 4.05. The molecule has 0 bridgehead atoms. The molecule has 0 saturated heterocycles. The molecule has 2 nitrogen and oxygen atoms in total. The molecule has 0 N–H and O–H groups in total. The van der Waals surface area contributed by atoms with Gasteiger partial charge in [0.15, 0.2) is 0 Å². The number of nitrogens with zero attached hydrogens (tertiary/aromatic N) is 2. The lowest BCUT2D eigenvalue weighted by Crippen LogP contribution is -2.29. The fourth-order valence-electron chi connectivity index (χ4n) is 2.39. The van der Waals surface area contributed by atoms with E-state index in [2.05, 4.69) is 43.0 Å². The van der Waals surface area contributed by atoms with Crippen molar-refractivity contribution in [1.82, 2.24) is 9.80 Å². The van der Waals surface area contributed by atoms with Gasteiger partial charge in [-0.3, -0.25) is 0 Å². The number of hydrogen-bond acceptors (Lipinski definition) is 2. The first-order valence-electron chi connectivity index (χ1n) is 7.46. The third-order valence-electron chi connectivity index (χ3n) is 3.69. The van der Waals surface area contributed by atoms with Crippen LogP contribution in [0.5, 0.6) is 0 Å². The summed E-state index contributed by atoms with van der Waals surface area (Å²) in [6.07, 6.45) is 12.6. The summed E-state index contributed by atoms with van der Waals surface area (Å²) in [5.41, 5.74) is 0. The fourth-order valence-corrected chi connectivity index (χ4v) is 2.39. The monoisotopic (exact) mass is 238 g/mol. The van der Waals surface area contributed by atoms with E-state index in [0.29, 0.717) is 0 Å². The molecule has 0 fully saturated rings. The molecule has 2 heteroatoms. The smallest absolute Gasteiger partial charge is 0.0893 e. The molecule has 17 heavy (non-hydrogen) atoms. The Kier molecular flexibility index (Phi) is 7.14. The van der Waals surface area contributed by atoms with Gasteiger partial charge in [0.05, 0.1) is 6.67 Å². The second-order valence-electron chi connectivity index (χ2n) is 5.29. The van der Waals surface area contributed by atoms with Crippen molar-refractivity contribution >= 4 is 0 Å². The molecule has 1 unspecified atom stereocenters. The van der Waals surface area contributed by atoms with Gasteiger partial charge < -0.3 is 9.80 Å². The van der Waals surface area contributed by atoms with Gasteiger partial charge in [0.2, 0.25) is 0 Å². The SMILES string of the molecule is CCCCC(CC)CN1C=CN(CCCC)C1. The van der Waals surface area contributed by atoms with E-state index in [1.54, 1.807) is 0 Å². The van der Waals surface area contributed by atoms with Crippen molar-refractivity contribution in [2.75, 3.05) is 19.8 Å². The Morgan fingerprint density at radius 3 is 2.35 bits per heavy atom. The largest absolute Gasteiger partial charge is 0.359 e. The Morgan fingerprint density at radius 1 is 1.00 bits per heavy atom. The molecule has 0 saturated carbocycles. The second kappa shape index (κ2) is 8.43. The van der Waals surface area contributed by atoms with E-state index in [1.165, 1.54) is 51.6 Å². The number of unbranched alkanes of at least 4 members (excludes halogenated alkanes) is 2. The summed E-state index contributed by atoms with van der Waals surface area (Å²) in [5.74, 6) is 0.880. The fraction of sp³-hybridized carbons (Fsp3) is 0.867. The van der Waals surface area contributed by atoms with Crippen LogP contribution in [0.3, 0.4) is 0 Å². The Hall–Kier alpha value is -0.660. The van der Waals surface area contributed by atoms with Crippen LogP contribution in [0.25, 0.3) is 0 Å². The van der Waals surface area contributed by atoms with Crippen molar-refractivity contribution in [2.24, 2.45) is 5.92 Å². The molecule has 0 aromatic carbocycles. The summed E-state index contributed by atoms with van der Waals surface area (Å²) in [4.78, 5) is 4.93. The van der Waals surface area contributed by atoms with Gasteiger partial charge in [-0.05, 0) is 18.8 Å². The van der Waals surface area contributed by atoms with Crippen LogP contribution in [0.4, 0.5) is 0 Å². The highest BCUT2D eigenvalue weighted by molar-refractivity contribution is 4.91. The third-order valence-corrected chi connectivity index (χ3v) is 3.69. The molecule has 1 rings (SSSR count). The number of hydrogen-bond donors (Lipinski definition) is 0. The van der Waals surface area contributed by atoms with Crippen LogP contribution in [0, 0.1) is 5.92 Å². The lowest BCUT2D eigenvalue weighted by molar-refractivity contribution is 0.225. The lowest BCUT2D eigenvalue weighted by atomic mass is 9.99. The molecule has 1 aliphatic heterocycles. The molecule has 1 aliphatic rings. The van der Waals surface area contributed by atoms with Crippen molar-refractivity contribution in [1.29, 1.82) is 0 Å². The van der Waals surface area contributed by atoms with Crippen LogP contribution < -0.4 is 0 Å². The Balaban J connectivity index is 2.21. The van der Waals surface area contributed by atoms with Crippen LogP contribution in [-0.2, 0) is 0 Å². The topological polar surface area (TPSA) is 6.48 Å². The van der Waals surface area contributed by atoms with E-state index in [4.69, 9.17) is 0 Å². The normalized spacial score (nSPS) is 16.9. The van der Waals surface area contributed by atoms with Gasteiger partial charge in [0.25, 0.3) is 0 Å². The van der Waals surface area contributed by atoms with Crippen LogP contribution in [0.15, 0.2) is 12.4 Å². The first kappa shape index (κ1) is 14.4. The van der Waals surface area contributed by atoms with Gasteiger partial charge in [-0.15, -0.1) is 0 Å². The zero-order chi connectivity index (χ0) is 12.5. The van der Waals surface area contributed by atoms with Gasteiger partial charge in [-0.2, -0.15) is 0 Å². The summed E-state index contributed by atoms with van der Waals surface area (Å²) < 4.78 is 0. The highest BCUT2D eigenvalue weighted by atomic mass is 15.3. The zero-order valence-electron chi connectivity index (χ0n) is 12.0. The quantitative estimate of drug-likeness (QED) is 0.598. The van der Waals surface area contributed by atoms with E-state index in [1.807, 2.05) is 0 Å². The zero-order valence-corrected chi connectivity index (χ0v) is 12.0. The maximum absolute atomic E-state index is 2.49. The maximum atomic E-state index is 2.49. The van der Waals surface area contributed by atoms with E-state index in [9.17, 15) is 0 Å². The Morgan fingerprint density at radius 2 is 1.71 bits per heavy atom. The summed E-state index contributed by atoms with van der Waals surface area (Å²) >= 11 is 0. The van der Waals surface area contributed by atoms with Crippen molar-refractivity contribution in [3.8, 4) is 0 Å². The first-order chi connectivity index (χ1) is 8.30. The van der Waals surface area contributed by atoms with Crippen LogP contribution in [0.1, 0.15) is 59.3 Å². The minimum atomic E-state index is 0.880. The minimum Gasteiger partial charge on any atom is -0.359 e. The molecule has 1 heterocycles. The predicted molar refractivity (Wildman–Crippen MR) is 75.6 cm³/mol. The van der Waals surface area contributed by atoms with Crippen LogP contribution >= 0.6 is 0 Å². The molecule has 100 valence electrons. The van der Waals surface area contributed by atoms with Crippen molar-refractivity contribution in [3.63, 3.8) is 0 Å². The van der Waals surface area contributed by atoms with E-state index in [0.717, 1.165) is 12.6 Å². The van der Waals surface area contributed by atoms with E-state index < -0.39 is 0 Å². The summed E-state index contributed by atoms with van der Waals surface area (Å²) in [6.45, 7) is 10.5. The van der Waals surface area contributed by atoms with Crippen LogP contribution in [0.2, 0.25) is 0 Å². The van der Waals surface area contributed by atoms with Crippen molar-refractivity contribution < 1.29 is 0 Å². The second-order valence-corrected chi connectivity index (χ2v) is 5.29. The third kappa shape index (κ3) is 5.47. The van der Waals surface area contributed by atoms with Crippen LogP contribution in [-0.4, -0.2) is 29.6 Å². The van der Waals surface area contributed by atoms with E-state index in [-0.39, 0.29) is 0 Å². The van der Waals surface area contributed by atoms with Gasteiger partial charge >= 0.3 is 0 Å². The van der Waals surface area contributed by atoms with Gasteiger partial charge in [-0.1, -0.05) is 46.5 Å². The van der Waals surface area contributed by atoms with Crippen molar-refractivity contribution in [3.05, 3.63) is 12.4 Å². The molecule has 0 aliphatic carbocycles. The first-order valence-corrected chi connectivity index (χ1v) is 7.46. The molecule has 0 radical (unpaired) electrons. The summed E-state index contributed by atoms with van der Waals surface area (Å²) in [6, 6.07) is 0. The summed E-state index contributed by atoms with van der Waals surface area (Å²) in [7, 11) is 0. The molecule has 0 aromatic rings. The molecule has 0 spiro atoms. The average molecular weight is 238 g/mol. The Labute approximate surface area is 108 Å². The van der Waals surface area contributed by atoms with Gasteiger partial charge in [-0.25, -0.2) is 0 Å². The lowest BCUT2D eigenvalue weighted by Gasteiger charge is -2.25. The molecule has 1 atom stereocenters. The highest BCUT2D eigenvalue weighted by Crippen LogP contribution is 2.17. The van der Waals surface area contributed by atoms with E-state index >= 15 is 0 Å². The minimum absolute atomic E-state index is 0.880. The molecular formula is C15H30N2. The molecule has 0 aromatic heterocycles. The standard InChI is InChI=1S/C15H30N2/c1-4-7-9-15(6-3)13-17-12-11-16(14-17)10-8-5-2/h11-12,15H,4-10,13-14H2,1-3H3. The van der Waals surface area contributed by atoms with Crippen molar-refractivity contribution in [2.45, 2.75) is 59.3 Å². The number of rotatable bonds is 9. The maximum Gasteiger partial charge on any atom is 0.0893 e. The van der Waals surface area contributed by atoms with Gasteiger partial charge in [0, 0.05) is 25.5 Å². The highest BCUT2D eigenvalue weighted by Gasteiger charge is 2.15.